The standard InChI is InChI=1S/C23H30F2N4O2/c1-15(2)14-29-21-7-6-16(26-13-18-19(24)4-3-5-20(18)25)12-17(21)22(27-29)23(30)28-8-10-31-11-9-28/h3-5,15-16,26H,6-14H2,1-2H3/t16-/m1/s1. The van der Waals surface area contributed by atoms with Gasteiger partial charge in [0.15, 0.2) is 5.69 Å². The van der Waals surface area contributed by atoms with E-state index in [-0.39, 0.29) is 24.1 Å². The molecule has 6 nitrogen and oxygen atoms in total. The zero-order valence-electron chi connectivity index (χ0n) is 18.2. The first-order valence-corrected chi connectivity index (χ1v) is 11.1. The van der Waals surface area contributed by atoms with Gasteiger partial charge in [0.2, 0.25) is 0 Å². The molecule has 1 atom stereocenters. The van der Waals surface area contributed by atoms with E-state index in [9.17, 15) is 13.6 Å². The Hall–Kier alpha value is -2.32. The van der Waals surface area contributed by atoms with E-state index >= 15 is 0 Å². The Balaban J connectivity index is 1.54. The van der Waals surface area contributed by atoms with E-state index in [2.05, 4.69) is 19.2 Å². The molecule has 1 aromatic carbocycles. The van der Waals surface area contributed by atoms with E-state index in [1.165, 1.54) is 18.2 Å². The number of carbonyl (C=O) groups is 1. The van der Waals surface area contributed by atoms with Gasteiger partial charge in [-0.25, -0.2) is 8.78 Å². The van der Waals surface area contributed by atoms with Crippen molar-refractivity contribution in [3.8, 4) is 0 Å². The van der Waals surface area contributed by atoms with E-state index < -0.39 is 11.6 Å². The number of nitrogens with one attached hydrogen (secondary N) is 1. The molecule has 2 aromatic rings. The molecule has 0 unspecified atom stereocenters. The summed E-state index contributed by atoms with van der Waals surface area (Å²) in [6.07, 6.45) is 2.23. The number of aromatic nitrogens is 2. The molecule has 1 aromatic heterocycles. The lowest BCUT2D eigenvalue weighted by atomic mass is 9.90. The number of fused-ring (bicyclic) bond motifs is 1. The highest BCUT2D eigenvalue weighted by atomic mass is 19.1. The lowest BCUT2D eigenvalue weighted by Crippen LogP contribution is -2.41. The summed E-state index contributed by atoms with van der Waals surface area (Å²) in [4.78, 5) is 15.0. The first-order valence-electron chi connectivity index (χ1n) is 11.1. The van der Waals surface area contributed by atoms with Gasteiger partial charge in [-0.1, -0.05) is 19.9 Å². The van der Waals surface area contributed by atoms with Gasteiger partial charge in [-0.3, -0.25) is 9.48 Å². The van der Waals surface area contributed by atoms with Gasteiger partial charge >= 0.3 is 0 Å². The van der Waals surface area contributed by atoms with E-state index in [4.69, 9.17) is 9.84 Å². The third-order valence-electron chi connectivity index (χ3n) is 6.01. The topological polar surface area (TPSA) is 59.4 Å². The van der Waals surface area contributed by atoms with Gasteiger partial charge in [0.25, 0.3) is 5.91 Å². The Bertz CT molecular complexity index is 918. The van der Waals surface area contributed by atoms with Crippen molar-refractivity contribution in [3.05, 3.63) is 52.3 Å². The Morgan fingerprint density at radius 2 is 1.97 bits per heavy atom. The maximum Gasteiger partial charge on any atom is 0.274 e. The summed E-state index contributed by atoms with van der Waals surface area (Å²) >= 11 is 0. The molecule has 1 fully saturated rings. The number of amides is 1. The molecule has 1 aliphatic carbocycles. The first-order chi connectivity index (χ1) is 14.9. The van der Waals surface area contributed by atoms with Gasteiger partial charge in [-0.15, -0.1) is 0 Å². The summed E-state index contributed by atoms with van der Waals surface area (Å²) in [7, 11) is 0. The average Bonchev–Trinajstić information content (AvgIpc) is 3.10. The number of hydrogen-bond donors (Lipinski definition) is 1. The highest BCUT2D eigenvalue weighted by Crippen LogP contribution is 2.27. The predicted octanol–water partition coefficient (Wildman–Crippen LogP) is 2.94. The molecule has 0 spiro atoms. The maximum absolute atomic E-state index is 14.0. The highest BCUT2D eigenvalue weighted by Gasteiger charge is 2.32. The van der Waals surface area contributed by atoms with Crippen molar-refractivity contribution in [2.75, 3.05) is 26.3 Å². The normalized spacial score (nSPS) is 19.0. The van der Waals surface area contributed by atoms with Gasteiger partial charge in [0.1, 0.15) is 11.6 Å². The van der Waals surface area contributed by atoms with Crippen LogP contribution in [0.3, 0.4) is 0 Å². The lowest BCUT2D eigenvalue weighted by Gasteiger charge is -2.28. The summed E-state index contributed by atoms with van der Waals surface area (Å²) in [6, 6.07) is 3.94. The third kappa shape index (κ3) is 4.80. The van der Waals surface area contributed by atoms with Crippen molar-refractivity contribution in [2.45, 2.75) is 52.2 Å². The molecular weight excluding hydrogens is 402 g/mol. The monoisotopic (exact) mass is 432 g/mol. The second-order valence-electron chi connectivity index (χ2n) is 8.78. The number of ether oxygens (including phenoxy) is 1. The van der Waals surface area contributed by atoms with Crippen LogP contribution >= 0.6 is 0 Å². The Morgan fingerprint density at radius 3 is 2.65 bits per heavy atom. The molecule has 1 amide bonds. The minimum Gasteiger partial charge on any atom is -0.378 e. The zero-order chi connectivity index (χ0) is 22.0. The number of benzene rings is 1. The smallest absolute Gasteiger partial charge is 0.274 e. The quantitative estimate of drug-likeness (QED) is 0.763. The molecule has 1 aliphatic heterocycles. The fourth-order valence-corrected chi connectivity index (χ4v) is 4.39. The van der Waals surface area contributed by atoms with Crippen LogP contribution in [-0.2, 0) is 30.7 Å². The molecule has 8 heteroatoms. The minimum atomic E-state index is -0.545. The van der Waals surface area contributed by atoms with Crippen molar-refractivity contribution in [1.82, 2.24) is 20.0 Å². The zero-order valence-corrected chi connectivity index (χ0v) is 18.2. The van der Waals surface area contributed by atoms with Gasteiger partial charge in [-0.2, -0.15) is 5.10 Å². The largest absolute Gasteiger partial charge is 0.378 e. The number of morpholine rings is 1. The van der Waals surface area contributed by atoms with Crippen molar-refractivity contribution >= 4 is 5.91 Å². The summed E-state index contributed by atoms with van der Waals surface area (Å²) in [5.41, 5.74) is 2.64. The van der Waals surface area contributed by atoms with E-state index in [0.717, 1.165) is 30.6 Å². The summed E-state index contributed by atoms with van der Waals surface area (Å²) in [5.74, 6) is -0.730. The fourth-order valence-electron chi connectivity index (χ4n) is 4.39. The van der Waals surface area contributed by atoms with Gasteiger partial charge in [0.05, 0.1) is 13.2 Å². The fraction of sp³-hybridized carbons (Fsp3) is 0.565. The van der Waals surface area contributed by atoms with Gasteiger partial charge in [0, 0.05) is 49.0 Å². The number of carbonyl (C=O) groups excluding carboxylic acids is 1. The van der Waals surface area contributed by atoms with Crippen molar-refractivity contribution in [1.29, 1.82) is 0 Å². The van der Waals surface area contributed by atoms with Crippen LogP contribution in [0.2, 0.25) is 0 Å². The van der Waals surface area contributed by atoms with Crippen LogP contribution < -0.4 is 5.32 Å². The van der Waals surface area contributed by atoms with Crippen LogP contribution in [0, 0.1) is 17.6 Å². The summed E-state index contributed by atoms with van der Waals surface area (Å²) in [6.45, 7) is 7.36. The molecule has 1 N–H and O–H groups in total. The van der Waals surface area contributed by atoms with E-state index in [1.54, 1.807) is 4.90 Å². The van der Waals surface area contributed by atoms with Crippen LogP contribution in [0.4, 0.5) is 8.78 Å². The van der Waals surface area contributed by atoms with Crippen molar-refractivity contribution in [3.63, 3.8) is 0 Å². The van der Waals surface area contributed by atoms with Crippen LogP contribution in [-0.4, -0.2) is 52.9 Å². The first kappa shape index (κ1) is 21.9. The molecule has 0 saturated carbocycles. The SMILES string of the molecule is CC(C)Cn1nc(C(=O)N2CCOCC2)c2c1CC[C@@H](NCc1c(F)cccc1F)C2. The molecule has 2 aliphatic rings. The second-order valence-corrected chi connectivity index (χ2v) is 8.78. The highest BCUT2D eigenvalue weighted by molar-refractivity contribution is 5.94. The number of halogens is 2. The van der Waals surface area contributed by atoms with Crippen molar-refractivity contribution in [2.24, 2.45) is 5.92 Å². The third-order valence-corrected chi connectivity index (χ3v) is 6.01. The van der Waals surface area contributed by atoms with Crippen molar-refractivity contribution < 1.29 is 18.3 Å². The van der Waals surface area contributed by atoms with E-state index in [1.807, 2.05) is 4.68 Å². The van der Waals surface area contributed by atoms with E-state index in [0.29, 0.717) is 44.3 Å². The predicted molar refractivity (Wildman–Crippen MR) is 113 cm³/mol. The molecule has 2 heterocycles. The van der Waals surface area contributed by atoms with Crippen LogP contribution in [0.25, 0.3) is 0 Å². The Labute approximate surface area is 181 Å². The van der Waals surface area contributed by atoms with Gasteiger partial charge < -0.3 is 15.0 Å². The molecule has 168 valence electrons. The molecule has 1 saturated heterocycles. The number of hydrogen-bond acceptors (Lipinski definition) is 4. The summed E-state index contributed by atoms with van der Waals surface area (Å²) < 4.78 is 35.3. The molecule has 0 radical (unpaired) electrons. The Morgan fingerprint density at radius 1 is 1.26 bits per heavy atom. The molecule has 0 bridgehead atoms. The second kappa shape index (κ2) is 9.44. The lowest BCUT2D eigenvalue weighted by molar-refractivity contribution is 0.0297. The molecule has 31 heavy (non-hydrogen) atoms. The number of nitrogens with zero attached hydrogens (tertiary/aromatic N) is 3. The maximum atomic E-state index is 14.0. The summed E-state index contributed by atoms with van der Waals surface area (Å²) in [5, 5.41) is 8.02. The van der Waals surface area contributed by atoms with Crippen LogP contribution in [0.15, 0.2) is 18.2 Å². The van der Waals surface area contributed by atoms with Crippen LogP contribution in [0.1, 0.15) is 47.6 Å². The van der Waals surface area contributed by atoms with Gasteiger partial charge in [-0.05, 0) is 37.3 Å². The number of rotatable bonds is 6. The van der Waals surface area contributed by atoms with Crippen LogP contribution in [0.5, 0.6) is 0 Å². The average molecular weight is 433 g/mol. The minimum absolute atomic E-state index is 0.0273. The molecular formula is C23H30F2N4O2. The molecule has 4 rings (SSSR count). The Kier molecular flexibility index (Phi) is 6.67.